The fourth-order valence-electron chi connectivity index (χ4n) is 4.07. The summed E-state index contributed by atoms with van der Waals surface area (Å²) >= 11 is 6.21. The van der Waals surface area contributed by atoms with Gasteiger partial charge in [-0.05, 0) is 69.3 Å². The quantitative estimate of drug-likeness (QED) is 0.513. The van der Waals surface area contributed by atoms with Gasteiger partial charge >= 0.3 is 0 Å². The SMILES string of the molecule is Cc1nn(-c2ncccc2Cl)c(=O)c2cnc(Nc3ccc4c(c3)CC(N(C)C)C4)nc12. The van der Waals surface area contributed by atoms with Gasteiger partial charge in [-0.3, -0.25) is 4.79 Å². The van der Waals surface area contributed by atoms with Gasteiger partial charge in [-0.15, -0.1) is 0 Å². The Morgan fingerprint density at radius 3 is 2.75 bits per heavy atom. The number of rotatable bonds is 4. The molecule has 32 heavy (non-hydrogen) atoms. The lowest BCUT2D eigenvalue weighted by atomic mass is 10.1. The van der Waals surface area contributed by atoms with Crippen molar-refractivity contribution in [3.63, 3.8) is 0 Å². The van der Waals surface area contributed by atoms with Crippen molar-refractivity contribution >= 4 is 34.1 Å². The van der Waals surface area contributed by atoms with Crippen LogP contribution in [0.4, 0.5) is 11.6 Å². The molecule has 8 nitrogen and oxygen atoms in total. The number of nitrogens with zero attached hydrogens (tertiary/aromatic N) is 6. The Morgan fingerprint density at radius 2 is 1.97 bits per heavy atom. The molecule has 1 N–H and O–H groups in total. The molecule has 1 aliphatic rings. The molecule has 0 aliphatic heterocycles. The van der Waals surface area contributed by atoms with E-state index < -0.39 is 0 Å². The number of aromatic nitrogens is 5. The van der Waals surface area contributed by atoms with Crippen LogP contribution in [-0.4, -0.2) is 49.8 Å². The molecule has 0 spiro atoms. The molecule has 3 aromatic heterocycles. The summed E-state index contributed by atoms with van der Waals surface area (Å²) in [5.41, 5.74) is 4.33. The first-order chi connectivity index (χ1) is 15.4. The van der Waals surface area contributed by atoms with Crippen LogP contribution in [0.5, 0.6) is 0 Å². The van der Waals surface area contributed by atoms with Gasteiger partial charge in [0.2, 0.25) is 5.95 Å². The predicted octanol–water partition coefficient (Wildman–Crippen LogP) is 3.30. The second kappa shape index (κ2) is 7.96. The smallest absolute Gasteiger partial charge is 0.284 e. The van der Waals surface area contributed by atoms with Gasteiger partial charge in [0, 0.05) is 24.1 Å². The zero-order chi connectivity index (χ0) is 22.4. The molecular formula is C23H22ClN7O. The molecule has 0 amide bonds. The summed E-state index contributed by atoms with van der Waals surface area (Å²) in [5.74, 6) is 0.693. The van der Waals surface area contributed by atoms with E-state index in [1.54, 1.807) is 25.3 Å². The Hall–Kier alpha value is -3.36. The van der Waals surface area contributed by atoms with Crippen LogP contribution in [0, 0.1) is 6.92 Å². The van der Waals surface area contributed by atoms with Gasteiger partial charge in [0.15, 0.2) is 5.82 Å². The van der Waals surface area contributed by atoms with Crippen molar-refractivity contribution in [1.29, 1.82) is 0 Å². The van der Waals surface area contributed by atoms with E-state index in [1.165, 1.54) is 22.0 Å². The van der Waals surface area contributed by atoms with Gasteiger partial charge in [0.25, 0.3) is 5.56 Å². The van der Waals surface area contributed by atoms with E-state index in [2.05, 4.69) is 56.5 Å². The second-order valence-electron chi connectivity index (χ2n) is 8.20. The molecule has 0 radical (unpaired) electrons. The molecule has 1 atom stereocenters. The lowest BCUT2D eigenvalue weighted by Gasteiger charge is -2.17. The molecule has 5 rings (SSSR count). The number of pyridine rings is 1. The van der Waals surface area contributed by atoms with Crippen LogP contribution in [-0.2, 0) is 12.8 Å². The summed E-state index contributed by atoms with van der Waals surface area (Å²) in [7, 11) is 4.23. The maximum absolute atomic E-state index is 13.0. The molecule has 3 heterocycles. The standard InChI is InChI=1S/C23H22ClN7O/c1-13-20-18(22(32)31(29-13)21-19(24)5-4-8-25-21)12-26-23(28-20)27-16-7-6-14-10-17(30(2)3)11-15(14)9-16/h4-9,12,17H,10-11H2,1-3H3,(H,26,27,28). The minimum Gasteiger partial charge on any atom is -0.324 e. The van der Waals surface area contributed by atoms with Gasteiger partial charge in [-0.2, -0.15) is 9.78 Å². The van der Waals surface area contributed by atoms with Crippen LogP contribution >= 0.6 is 11.6 Å². The fraction of sp³-hybridized carbons (Fsp3) is 0.261. The van der Waals surface area contributed by atoms with Crippen LogP contribution in [0.2, 0.25) is 5.02 Å². The molecule has 0 fully saturated rings. The summed E-state index contributed by atoms with van der Waals surface area (Å²) in [6, 6.07) is 10.2. The Labute approximate surface area is 189 Å². The monoisotopic (exact) mass is 447 g/mol. The summed E-state index contributed by atoms with van der Waals surface area (Å²) in [5, 5.41) is 8.35. The van der Waals surface area contributed by atoms with E-state index in [9.17, 15) is 4.79 Å². The largest absolute Gasteiger partial charge is 0.324 e. The third-order valence-corrected chi connectivity index (χ3v) is 6.14. The topological polar surface area (TPSA) is 88.8 Å². The molecular weight excluding hydrogens is 426 g/mol. The predicted molar refractivity (Wildman–Crippen MR) is 125 cm³/mol. The number of benzene rings is 1. The molecule has 9 heteroatoms. The summed E-state index contributed by atoms with van der Waals surface area (Å²) in [6.07, 6.45) is 5.17. The Balaban J connectivity index is 1.48. The van der Waals surface area contributed by atoms with Crippen molar-refractivity contribution < 1.29 is 0 Å². The van der Waals surface area contributed by atoms with E-state index in [0.29, 0.717) is 33.6 Å². The molecule has 0 bridgehead atoms. The number of hydrogen-bond donors (Lipinski definition) is 1. The zero-order valence-corrected chi connectivity index (χ0v) is 18.8. The number of likely N-dealkylation sites (N-methyl/N-ethyl adjacent to an activating group) is 1. The Bertz CT molecular complexity index is 1400. The molecule has 162 valence electrons. The van der Waals surface area contributed by atoms with Crippen molar-refractivity contribution in [1.82, 2.24) is 29.6 Å². The van der Waals surface area contributed by atoms with Gasteiger partial charge in [0.1, 0.15) is 5.52 Å². The van der Waals surface area contributed by atoms with E-state index >= 15 is 0 Å². The number of hydrogen-bond acceptors (Lipinski definition) is 7. The summed E-state index contributed by atoms with van der Waals surface area (Å²) in [4.78, 5) is 28.4. The highest BCUT2D eigenvalue weighted by Crippen LogP contribution is 2.28. The van der Waals surface area contributed by atoms with Crippen LogP contribution in [0.1, 0.15) is 16.8 Å². The average molecular weight is 448 g/mol. The highest BCUT2D eigenvalue weighted by atomic mass is 35.5. The van der Waals surface area contributed by atoms with Crippen LogP contribution < -0.4 is 10.9 Å². The highest BCUT2D eigenvalue weighted by Gasteiger charge is 2.23. The van der Waals surface area contributed by atoms with E-state index in [-0.39, 0.29) is 11.4 Å². The van der Waals surface area contributed by atoms with E-state index in [1.807, 2.05) is 6.07 Å². The van der Waals surface area contributed by atoms with Gasteiger partial charge in [-0.25, -0.2) is 15.0 Å². The van der Waals surface area contributed by atoms with Crippen molar-refractivity contribution in [2.45, 2.75) is 25.8 Å². The summed E-state index contributed by atoms with van der Waals surface area (Å²) in [6.45, 7) is 1.79. The third kappa shape index (κ3) is 3.61. The molecule has 0 saturated heterocycles. The molecule has 0 saturated carbocycles. The zero-order valence-electron chi connectivity index (χ0n) is 18.0. The number of nitrogens with one attached hydrogen (secondary N) is 1. The van der Waals surface area contributed by atoms with Crippen LogP contribution in [0.15, 0.2) is 47.5 Å². The van der Waals surface area contributed by atoms with Crippen molar-refractivity contribution in [3.8, 4) is 5.82 Å². The minimum atomic E-state index is -0.370. The third-order valence-electron chi connectivity index (χ3n) is 5.85. The van der Waals surface area contributed by atoms with Crippen molar-refractivity contribution in [2.24, 2.45) is 0 Å². The van der Waals surface area contributed by atoms with Crippen molar-refractivity contribution in [2.75, 3.05) is 19.4 Å². The first-order valence-corrected chi connectivity index (χ1v) is 10.7. The summed E-state index contributed by atoms with van der Waals surface area (Å²) < 4.78 is 1.19. The number of halogens is 1. The van der Waals surface area contributed by atoms with Crippen molar-refractivity contribution in [3.05, 3.63) is 74.9 Å². The minimum absolute atomic E-state index is 0.278. The normalized spacial score (nSPS) is 15.3. The maximum atomic E-state index is 13.0. The van der Waals surface area contributed by atoms with Crippen LogP contribution in [0.3, 0.4) is 0 Å². The second-order valence-corrected chi connectivity index (χ2v) is 8.61. The Morgan fingerprint density at radius 1 is 1.16 bits per heavy atom. The molecule has 4 aromatic rings. The van der Waals surface area contributed by atoms with Gasteiger partial charge in [-0.1, -0.05) is 17.7 Å². The van der Waals surface area contributed by atoms with Gasteiger partial charge in [0.05, 0.1) is 16.1 Å². The molecule has 1 aromatic carbocycles. The number of fused-ring (bicyclic) bond motifs is 2. The average Bonchev–Trinajstić information content (AvgIpc) is 3.21. The highest BCUT2D eigenvalue weighted by molar-refractivity contribution is 6.32. The van der Waals surface area contributed by atoms with Crippen LogP contribution in [0.25, 0.3) is 16.7 Å². The number of anilines is 2. The van der Waals surface area contributed by atoms with Gasteiger partial charge < -0.3 is 10.2 Å². The maximum Gasteiger partial charge on any atom is 0.284 e. The fourth-order valence-corrected chi connectivity index (χ4v) is 4.28. The number of aryl methyl sites for hydroxylation is 1. The first kappa shape index (κ1) is 20.5. The van der Waals surface area contributed by atoms with E-state index in [0.717, 1.165) is 18.5 Å². The molecule has 1 unspecified atom stereocenters. The first-order valence-electron chi connectivity index (χ1n) is 10.3. The lowest BCUT2D eigenvalue weighted by Crippen LogP contribution is -2.27. The Kier molecular flexibility index (Phi) is 5.11. The lowest BCUT2D eigenvalue weighted by molar-refractivity contribution is 0.303. The molecule has 1 aliphatic carbocycles. The van der Waals surface area contributed by atoms with E-state index in [4.69, 9.17) is 11.6 Å².